The van der Waals surface area contributed by atoms with Crippen LogP contribution < -0.4 is 0 Å². The molecule has 0 nitrogen and oxygen atoms in total. The van der Waals surface area contributed by atoms with Crippen LogP contribution in [0.4, 0.5) is 0 Å². The van der Waals surface area contributed by atoms with Crippen molar-refractivity contribution >= 4 is 0 Å². The molecule has 54 valence electrons. The SMILES string of the molecule is C1=C\CCCC\C=C/1.[Pt]. The standard InChI is InChI=1S/C8H12.Pt/c1-2-4-6-8-7-5-3-1;/h1-4H,5-8H2;/b3-1-,4-2-;. The monoisotopic (exact) mass is 303 g/mol. The van der Waals surface area contributed by atoms with Crippen molar-refractivity contribution in [1.82, 2.24) is 0 Å². The predicted octanol–water partition coefficient (Wildman–Crippen LogP) is 2.67. The molecule has 0 unspecified atom stereocenters. The zero-order chi connectivity index (χ0) is 5.66. The Balaban J connectivity index is 0.000000640. The fourth-order valence-corrected chi connectivity index (χ4v) is 0.874. The molecule has 0 radical (unpaired) electrons. The Hall–Kier alpha value is 0.168. The van der Waals surface area contributed by atoms with Crippen LogP contribution in [-0.4, -0.2) is 0 Å². The van der Waals surface area contributed by atoms with Crippen LogP contribution in [0.15, 0.2) is 24.3 Å². The molecule has 0 aromatic carbocycles. The number of hydrogen-bond acceptors (Lipinski definition) is 0. The molecular formula is C8H12Pt. The summed E-state index contributed by atoms with van der Waals surface area (Å²) in [5.74, 6) is 0. The summed E-state index contributed by atoms with van der Waals surface area (Å²) < 4.78 is 0. The molecule has 0 aromatic heterocycles. The van der Waals surface area contributed by atoms with E-state index in [9.17, 15) is 0 Å². The summed E-state index contributed by atoms with van der Waals surface area (Å²) in [6.45, 7) is 0. The van der Waals surface area contributed by atoms with Gasteiger partial charge in [-0.15, -0.1) is 0 Å². The Labute approximate surface area is 71.3 Å². The fraction of sp³-hybridized carbons (Fsp3) is 0.500. The first-order chi connectivity index (χ1) is 4.00. The van der Waals surface area contributed by atoms with Crippen molar-refractivity contribution in [2.75, 3.05) is 0 Å². The molecule has 0 N–H and O–H groups in total. The minimum atomic E-state index is 0. The zero-order valence-electron chi connectivity index (χ0n) is 5.45. The van der Waals surface area contributed by atoms with Crippen LogP contribution in [0.25, 0.3) is 0 Å². The smallest absolute Gasteiger partial charge is 0 e. The summed E-state index contributed by atoms with van der Waals surface area (Å²) in [4.78, 5) is 0. The maximum Gasteiger partial charge on any atom is 0 e. The van der Waals surface area contributed by atoms with E-state index < -0.39 is 0 Å². The quantitative estimate of drug-likeness (QED) is 0.645. The molecule has 0 atom stereocenters. The summed E-state index contributed by atoms with van der Waals surface area (Å²) in [5.41, 5.74) is 0. The molecule has 0 saturated heterocycles. The van der Waals surface area contributed by atoms with Crippen LogP contribution in [0.2, 0.25) is 0 Å². The summed E-state index contributed by atoms with van der Waals surface area (Å²) in [6, 6.07) is 0. The minimum absolute atomic E-state index is 0. The van der Waals surface area contributed by atoms with Crippen molar-refractivity contribution in [3.8, 4) is 0 Å². The number of rotatable bonds is 0. The zero-order valence-corrected chi connectivity index (χ0v) is 7.73. The normalized spacial score (nSPS) is 24.9. The molecule has 0 fully saturated rings. The first-order valence-corrected chi connectivity index (χ1v) is 3.32. The van der Waals surface area contributed by atoms with Crippen LogP contribution in [-0.2, 0) is 21.1 Å². The molecular weight excluding hydrogens is 291 g/mol. The van der Waals surface area contributed by atoms with E-state index in [0.29, 0.717) is 0 Å². The average molecular weight is 303 g/mol. The van der Waals surface area contributed by atoms with Crippen LogP contribution in [0.3, 0.4) is 0 Å². The predicted molar refractivity (Wildman–Crippen MR) is 36.7 cm³/mol. The molecule has 0 heterocycles. The molecule has 0 amide bonds. The van der Waals surface area contributed by atoms with Gasteiger partial charge in [0.05, 0.1) is 0 Å². The van der Waals surface area contributed by atoms with E-state index in [1.165, 1.54) is 25.7 Å². The van der Waals surface area contributed by atoms with Crippen LogP contribution in [0.1, 0.15) is 25.7 Å². The largest absolute Gasteiger partial charge is 0.0845 e. The van der Waals surface area contributed by atoms with Gasteiger partial charge in [-0.3, -0.25) is 0 Å². The molecule has 1 aliphatic carbocycles. The van der Waals surface area contributed by atoms with Crippen molar-refractivity contribution in [1.29, 1.82) is 0 Å². The second kappa shape index (κ2) is 6.29. The molecule has 1 heteroatoms. The molecule has 1 aliphatic rings. The van der Waals surface area contributed by atoms with Crippen LogP contribution >= 0.6 is 0 Å². The third-order valence-corrected chi connectivity index (χ3v) is 1.37. The molecule has 0 aromatic rings. The first kappa shape index (κ1) is 9.17. The average Bonchev–Trinajstić information content (AvgIpc) is 1.62. The maximum atomic E-state index is 2.23. The molecule has 9 heavy (non-hydrogen) atoms. The third kappa shape index (κ3) is 4.66. The fourth-order valence-electron chi connectivity index (χ4n) is 0.874. The van der Waals surface area contributed by atoms with Crippen molar-refractivity contribution in [3.63, 3.8) is 0 Å². The van der Waals surface area contributed by atoms with Gasteiger partial charge in [0.2, 0.25) is 0 Å². The Bertz CT molecular complexity index is 89.1. The van der Waals surface area contributed by atoms with E-state index in [2.05, 4.69) is 24.3 Å². The minimum Gasteiger partial charge on any atom is -0.0845 e. The Morgan fingerprint density at radius 3 is 1.67 bits per heavy atom. The van der Waals surface area contributed by atoms with Gasteiger partial charge in [0.25, 0.3) is 0 Å². The summed E-state index contributed by atoms with van der Waals surface area (Å²) in [6.07, 6.45) is 14.0. The van der Waals surface area contributed by atoms with E-state index in [4.69, 9.17) is 0 Å². The van der Waals surface area contributed by atoms with Gasteiger partial charge < -0.3 is 0 Å². The molecule has 0 bridgehead atoms. The third-order valence-electron chi connectivity index (χ3n) is 1.37. The van der Waals surface area contributed by atoms with Gasteiger partial charge in [0.1, 0.15) is 0 Å². The molecule has 0 saturated carbocycles. The van der Waals surface area contributed by atoms with Gasteiger partial charge in [-0.2, -0.15) is 0 Å². The van der Waals surface area contributed by atoms with Gasteiger partial charge in [-0.25, -0.2) is 0 Å². The van der Waals surface area contributed by atoms with Gasteiger partial charge in [0.15, 0.2) is 0 Å². The van der Waals surface area contributed by atoms with Crippen molar-refractivity contribution in [2.45, 2.75) is 25.7 Å². The Kier molecular flexibility index (Phi) is 6.41. The van der Waals surface area contributed by atoms with Gasteiger partial charge in [-0.05, 0) is 25.7 Å². The van der Waals surface area contributed by atoms with Gasteiger partial charge in [0, 0.05) is 21.1 Å². The van der Waals surface area contributed by atoms with E-state index >= 15 is 0 Å². The first-order valence-electron chi connectivity index (χ1n) is 3.32. The summed E-state index contributed by atoms with van der Waals surface area (Å²) in [7, 11) is 0. The van der Waals surface area contributed by atoms with Crippen molar-refractivity contribution < 1.29 is 21.1 Å². The molecule has 0 spiro atoms. The molecule has 0 aliphatic heterocycles. The number of allylic oxidation sites excluding steroid dienone is 4. The molecule has 1 rings (SSSR count). The van der Waals surface area contributed by atoms with E-state index in [1.807, 2.05) is 0 Å². The van der Waals surface area contributed by atoms with Crippen LogP contribution in [0.5, 0.6) is 0 Å². The second-order valence-electron chi connectivity index (χ2n) is 2.14. The topological polar surface area (TPSA) is 0 Å². The second-order valence-corrected chi connectivity index (χ2v) is 2.14. The summed E-state index contributed by atoms with van der Waals surface area (Å²) >= 11 is 0. The number of hydrogen-bond donors (Lipinski definition) is 0. The van der Waals surface area contributed by atoms with Crippen molar-refractivity contribution in [2.24, 2.45) is 0 Å². The summed E-state index contributed by atoms with van der Waals surface area (Å²) in [5, 5.41) is 0. The van der Waals surface area contributed by atoms with E-state index in [1.54, 1.807) is 0 Å². The van der Waals surface area contributed by atoms with Crippen molar-refractivity contribution in [3.05, 3.63) is 24.3 Å². The van der Waals surface area contributed by atoms with Crippen LogP contribution in [0, 0.1) is 0 Å². The Morgan fingerprint density at radius 1 is 0.778 bits per heavy atom. The van der Waals surface area contributed by atoms with Gasteiger partial charge in [-0.1, -0.05) is 24.3 Å². The van der Waals surface area contributed by atoms with Gasteiger partial charge >= 0.3 is 0 Å². The Morgan fingerprint density at radius 2 is 1.22 bits per heavy atom. The van der Waals surface area contributed by atoms with E-state index in [-0.39, 0.29) is 21.1 Å². The van der Waals surface area contributed by atoms with E-state index in [0.717, 1.165) is 0 Å². The maximum absolute atomic E-state index is 2.23.